The van der Waals surface area contributed by atoms with Crippen LogP contribution in [-0.4, -0.2) is 46.6 Å². The van der Waals surface area contributed by atoms with Gasteiger partial charge in [0.15, 0.2) is 0 Å². The van der Waals surface area contributed by atoms with E-state index in [1.54, 1.807) is 12.4 Å². The molecule has 25 heavy (non-hydrogen) atoms. The Labute approximate surface area is 147 Å². The van der Waals surface area contributed by atoms with Gasteiger partial charge in [0.05, 0.1) is 25.5 Å². The highest BCUT2D eigenvalue weighted by atomic mass is 16.5. The highest BCUT2D eigenvalue weighted by molar-refractivity contribution is 5.76. The van der Waals surface area contributed by atoms with E-state index in [4.69, 9.17) is 10.5 Å². The lowest BCUT2D eigenvalue weighted by Crippen LogP contribution is -2.47. The van der Waals surface area contributed by atoms with Gasteiger partial charge in [0.1, 0.15) is 5.82 Å². The van der Waals surface area contributed by atoms with E-state index in [1.165, 1.54) is 0 Å². The highest BCUT2D eigenvalue weighted by Crippen LogP contribution is 2.17. The minimum atomic E-state index is -0.00897. The lowest BCUT2D eigenvalue weighted by atomic mass is 10.1. The molecule has 1 amide bonds. The topological polar surface area (TPSA) is 93.4 Å². The summed E-state index contributed by atoms with van der Waals surface area (Å²) in [5.74, 6) is 0.526. The average Bonchev–Trinajstić information content (AvgIpc) is 2.64. The number of nitrogens with one attached hydrogen (secondary N) is 1. The molecule has 7 heteroatoms. The quantitative estimate of drug-likeness (QED) is 0.813. The molecule has 132 valence electrons. The van der Waals surface area contributed by atoms with Crippen LogP contribution in [-0.2, 0) is 22.6 Å². The van der Waals surface area contributed by atoms with Crippen molar-refractivity contribution >= 4 is 11.7 Å². The summed E-state index contributed by atoms with van der Waals surface area (Å²) in [7, 11) is 0. The van der Waals surface area contributed by atoms with Crippen LogP contribution < -0.4 is 11.1 Å². The standard InChI is InChI=1S/C18H23N5O2/c19-18-14(4-3-7-21-18)12-23-8-9-25-13-16(23)10-17(24)22-11-15-5-1-2-6-20-15/h1-7,16H,8-13H2,(H2,19,21)(H,22,24)/t16-/m1/s1. The lowest BCUT2D eigenvalue weighted by molar-refractivity contribution is -0.124. The third-order valence-electron chi connectivity index (χ3n) is 4.26. The molecule has 0 aromatic carbocycles. The van der Waals surface area contributed by atoms with Gasteiger partial charge >= 0.3 is 0 Å². The van der Waals surface area contributed by atoms with Gasteiger partial charge in [0, 0.05) is 43.5 Å². The van der Waals surface area contributed by atoms with Crippen molar-refractivity contribution in [1.29, 1.82) is 0 Å². The minimum absolute atomic E-state index is 0.00897. The van der Waals surface area contributed by atoms with Crippen LogP contribution in [0.4, 0.5) is 5.82 Å². The summed E-state index contributed by atoms with van der Waals surface area (Å²) in [5.41, 5.74) is 7.76. The van der Waals surface area contributed by atoms with Gasteiger partial charge < -0.3 is 15.8 Å². The Morgan fingerprint density at radius 3 is 2.96 bits per heavy atom. The smallest absolute Gasteiger partial charge is 0.221 e. The Hall–Kier alpha value is -2.51. The number of hydrogen-bond acceptors (Lipinski definition) is 6. The number of carbonyl (C=O) groups is 1. The molecular weight excluding hydrogens is 318 g/mol. The van der Waals surface area contributed by atoms with Crippen LogP contribution in [0, 0.1) is 0 Å². The van der Waals surface area contributed by atoms with Crippen LogP contribution >= 0.6 is 0 Å². The van der Waals surface area contributed by atoms with E-state index in [0.29, 0.717) is 38.5 Å². The molecule has 3 heterocycles. The second-order valence-corrected chi connectivity index (χ2v) is 6.05. The first-order valence-electron chi connectivity index (χ1n) is 8.40. The number of hydrogen-bond donors (Lipinski definition) is 2. The van der Waals surface area contributed by atoms with Crippen molar-refractivity contribution in [2.24, 2.45) is 0 Å². The van der Waals surface area contributed by atoms with Crippen LogP contribution in [0.1, 0.15) is 17.7 Å². The van der Waals surface area contributed by atoms with Gasteiger partial charge in [0.25, 0.3) is 0 Å². The second-order valence-electron chi connectivity index (χ2n) is 6.05. The van der Waals surface area contributed by atoms with Crippen molar-refractivity contribution in [2.45, 2.75) is 25.6 Å². The van der Waals surface area contributed by atoms with E-state index in [2.05, 4.69) is 20.2 Å². The van der Waals surface area contributed by atoms with Crippen molar-refractivity contribution in [3.05, 3.63) is 54.0 Å². The number of aromatic nitrogens is 2. The summed E-state index contributed by atoms with van der Waals surface area (Å²) in [6.45, 7) is 3.07. The molecule has 0 aliphatic carbocycles. The summed E-state index contributed by atoms with van der Waals surface area (Å²) in [4.78, 5) is 22.9. The van der Waals surface area contributed by atoms with E-state index in [-0.39, 0.29) is 11.9 Å². The number of nitrogens with two attached hydrogens (primary N) is 1. The normalized spacial score (nSPS) is 18.0. The molecule has 1 fully saturated rings. The fourth-order valence-electron chi connectivity index (χ4n) is 2.87. The molecule has 1 aliphatic rings. The molecule has 1 aliphatic heterocycles. The number of morpholine rings is 1. The lowest BCUT2D eigenvalue weighted by Gasteiger charge is -2.35. The summed E-state index contributed by atoms with van der Waals surface area (Å²) in [6, 6.07) is 9.52. The number of carbonyl (C=O) groups excluding carboxylic acids is 1. The minimum Gasteiger partial charge on any atom is -0.383 e. The van der Waals surface area contributed by atoms with E-state index < -0.39 is 0 Å². The molecule has 1 saturated heterocycles. The fourth-order valence-corrected chi connectivity index (χ4v) is 2.87. The Morgan fingerprint density at radius 2 is 2.16 bits per heavy atom. The number of ether oxygens (including phenoxy) is 1. The van der Waals surface area contributed by atoms with Gasteiger partial charge in [-0.1, -0.05) is 12.1 Å². The zero-order valence-corrected chi connectivity index (χ0v) is 14.1. The summed E-state index contributed by atoms with van der Waals surface area (Å²) >= 11 is 0. The number of nitrogens with zero attached hydrogens (tertiary/aromatic N) is 3. The van der Waals surface area contributed by atoms with Crippen LogP contribution in [0.3, 0.4) is 0 Å². The van der Waals surface area contributed by atoms with Crippen molar-refractivity contribution < 1.29 is 9.53 Å². The number of anilines is 1. The molecule has 2 aromatic rings. The second kappa shape index (κ2) is 8.55. The van der Waals surface area contributed by atoms with Gasteiger partial charge in [-0.25, -0.2) is 4.98 Å². The zero-order valence-electron chi connectivity index (χ0n) is 14.1. The molecular formula is C18H23N5O2. The fraction of sp³-hybridized carbons (Fsp3) is 0.389. The van der Waals surface area contributed by atoms with E-state index >= 15 is 0 Å². The third kappa shape index (κ3) is 4.98. The van der Waals surface area contributed by atoms with Gasteiger partial charge in [-0.05, 0) is 18.2 Å². The molecule has 7 nitrogen and oxygen atoms in total. The summed E-state index contributed by atoms with van der Waals surface area (Å²) in [5, 5.41) is 2.92. The van der Waals surface area contributed by atoms with Gasteiger partial charge in [-0.15, -0.1) is 0 Å². The van der Waals surface area contributed by atoms with Crippen LogP contribution in [0.15, 0.2) is 42.7 Å². The Morgan fingerprint density at radius 1 is 1.28 bits per heavy atom. The number of nitrogen functional groups attached to an aromatic ring is 1. The van der Waals surface area contributed by atoms with Gasteiger partial charge in [-0.2, -0.15) is 0 Å². The first-order chi connectivity index (χ1) is 12.2. The third-order valence-corrected chi connectivity index (χ3v) is 4.26. The molecule has 0 unspecified atom stereocenters. The van der Waals surface area contributed by atoms with Gasteiger partial charge in [-0.3, -0.25) is 14.7 Å². The van der Waals surface area contributed by atoms with Crippen LogP contribution in [0.25, 0.3) is 0 Å². The van der Waals surface area contributed by atoms with Crippen molar-refractivity contribution in [2.75, 3.05) is 25.5 Å². The maximum absolute atomic E-state index is 12.3. The van der Waals surface area contributed by atoms with Crippen molar-refractivity contribution in [3.8, 4) is 0 Å². The monoisotopic (exact) mass is 341 g/mol. The maximum atomic E-state index is 12.3. The number of pyridine rings is 2. The van der Waals surface area contributed by atoms with Crippen LogP contribution in [0.2, 0.25) is 0 Å². The maximum Gasteiger partial charge on any atom is 0.221 e. The van der Waals surface area contributed by atoms with Crippen molar-refractivity contribution in [1.82, 2.24) is 20.2 Å². The Kier molecular flexibility index (Phi) is 5.92. The number of rotatable bonds is 6. The summed E-state index contributed by atoms with van der Waals surface area (Å²) in [6.07, 6.45) is 3.78. The summed E-state index contributed by atoms with van der Waals surface area (Å²) < 4.78 is 5.56. The van der Waals surface area contributed by atoms with E-state index in [9.17, 15) is 4.79 Å². The average molecular weight is 341 g/mol. The molecule has 0 radical (unpaired) electrons. The van der Waals surface area contributed by atoms with Crippen molar-refractivity contribution in [3.63, 3.8) is 0 Å². The van der Waals surface area contributed by atoms with Crippen LogP contribution in [0.5, 0.6) is 0 Å². The van der Waals surface area contributed by atoms with E-state index in [0.717, 1.165) is 17.8 Å². The Balaban J connectivity index is 1.55. The molecule has 1 atom stereocenters. The molecule has 3 rings (SSSR count). The predicted octanol–water partition coefficient (Wildman–Crippen LogP) is 0.966. The van der Waals surface area contributed by atoms with Gasteiger partial charge in [0.2, 0.25) is 5.91 Å². The first-order valence-corrected chi connectivity index (χ1v) is 8.40. The highest BCUT2D eigenvalue weighted by Gasteiger charge is 2.26. The van der Waals surface area contributed by atoms with E-state index in [1.807, 2.05) is 30.3 Å². The molecule has 2 aromatic heterocycles. The predicted molar refractivity (Wildman–Crippen MR) is 94.4 cm³/mol. The Bertz CT molecular complexity index is 695. The molecule has 0 bridgehead atoms. The molecule has 0 saturated carbocycles. The zero-order chi connectivity index (χ0) is 17.5. The largest absolute Gasteiger partial charge is 0.383 e. The molecule has 3 N–H and O–H groups in total. The molecule has 0 spiro atoms. The number of amides is 1. The first kappa shape index (κ1) is 17.3. The SMILES string of the molecule is Nc1ncccc1CN1CCOC[C@H]1CC(=O)NCc1ccccn1.